The van der Waals surface area contributed by atoms with E-state index in [1.54, 1.807) is 0 Å². The van der Waals surface area contributed by atoms with Crippen LogP contribution in [0.3, 0.4) is 0 Å². The van der Waals surface area contributed by atoms with Crippen LogP contribution in [0.5, 0.6) is 0 Å². The number of rotatable bonds is 5. The van der Waals surface area contributed by atoms with Crippen LogP contribution in [0.2, 0.25) is 0 Å². The van der Waals surface area contributed by atoms with Crippen LogP contribution in [0.15, 0.2) is 18.3 Å². The van der Waals surface area contributed by atoms with Crippen molar-refractivity contribution in [3.05, 3.63) is 23.9 Å². The number of H-pyrrole nitrogens is 1. The number of hydrogen-bond donors (Lipinski definition) is 3. The molecule has 7 nitrogen and oxygen atoms in total. The number of aromatic nitrogens is 1. The number of imide groups is 1. The van der Waals surface area contributed by atoms with Crippen molar-refractivity contribution in [1.29, 1.82) is 0 Å². The Hall–Kier alpha value is -2.36. The quantitative estimate of drug-likeness (QED) is 0.655. The molecule has 1 atom stereocenters. The van der Waals surface area contributed by atoms with Gasteiger partial charge in [-0.25, -0.2) is 9.78 Å². The number of urea groups is 1. The highest BCUT2D eigenvalue weighted by atomic mass is 19.4. The van der Waals surface area contributed by atoms with E-state index in [1.807, 2.05) is 18.7 Å². The third-order valence-electron chi connectivity index (χ3n) is 4.59. The summed E-state index contributed by atoms with van der Waals surface area (Å²) in [6, 6.07) is 1.97. The maximum atomic E-state index is 12.6. The molecule has 1 fully saturated rings. The van der Waals surface area contributed by atoms with Crippen molar-refractivity contribution in [2.75, 3.05) is 37.6 Å². The topological polar surface area (TPSA) is 80.0 Å². The van der Waals surface area contributed by atoms with Crippen LogP contribution in [-0.4, -0.2) is 50.7 Å². The summed E-state index contributed by atoms with van der Waals surface area (Å²) >= 11 is 0. The second kappa shape index (κ2) is 9.03. The summed E-state index contributed by atoms with van der Waals surface area (Å²) in [6.07, 6.45) is -2.64. The van der Waals surface area contributed by atoms with Crippen molar-refractivity contribution >= 4 is 17.8 Å². The number of alkyl halides is 3. The molecule has 0 unspecified atom stereocenters. The molecule has 0 bridgehead atoms. The fourth-order valence-corrected chi connectivity index (χ4v) is 2.79. The lowest BCUT2D eigenvalue weighted by Gasteiger charge is -2.27. The van der Waals surface area contributed by atoms with E-state index in [1.165, 1.54) is 6.07 Å². The largest absolute Gasteiger partial charge is 0.419 e. The number of piperazine rings is 1. The van der Waals surface area contributed by atoms with Gasteiger partial charge < -0.3 is 10.2 Å². The number of anilines is 1. The van der Waals surface area contributed by atoms with Gasteiger partial charge in [-0.15, -0.1) is 0 Å². The van der Waals surface area contributed by atoms with E-state index in [-0.39, 0.29) is 18.5 Å². The SMILES string of the molecule is CC[C@@H](C)NC(=O)NC(=O)C[NH+]1CCN(c2ccc(C(F)(F)F)c[nH+]2)CC1. The molecule has 0 spiro atoms. The first-order chi connectivity index (χ1) is 12.7. The summed E-state index contributed by atoms with van der Waals surface area (Å²) in [5, 5.41) is 4.99. The van der Waals surface area contributed by atoms with E-state index in [9.17, 15) is 22.8 Å². The number of hydrogen-bond acceptors (Lipinski definition) is 3. The van der Waals surface area contributed by atoms with E-state index >= 15 is 0 Å². The second-order valence-electron chi connectivity index (χ2n) is 6.71. The molecule has 0 aromatic carbocycles. The van der Waals surface area contributed by atoms with Gasteiger partial charge in [-0.2, -0.15) is 13.2 Å². The normalized spacial score (nSPS) is 16.7. The van der Waals surface area contributed by atoms with Gasteiger partial charge in [0.2, 0.25) is 0 Å². The predicted molar refractivity (Wildman–Crippen MR) is 92.2 cm³/mol. The third-order valence-corrected chi connectivity index (χ3v) is 4.59. The van der Waals surface area contributed by atoms with Crippen LogP contribution in [0.1, 0.15) is 25.8 Å². The summed E-state index contributed by atoms with van der Waals surface area (Å²) in [6.45, 7) is 6.47. The maximum Gasteiger partial charge on any atom is 0.419 e. The fourth-order valence-electron chi connectivity index (χ4n) is 2.79. The zero-order valence-electron chi connectivity index (χ0n) is 15.4. The molecule has 4 N–H and O–H groups in total. The van der Waals surface area contributed by atoms with E-state index in [2.05, 4.69) is 15.6 Å². The van der Waals surface area contributed by atoms with Crippen LogP contribution in [0.25, 0.3) is 0 Å². The standard InChI is InChI=1S/C17H24F3N5O2/c1-3-12(2)22-16(27)23-15(26)11-24-6-8-25(9-7-24)14-5-4-13(10-21-14)17(18,19)20/h4-5,10,12H,3,6-9,11H2,1-2H3,(H2,22,23,26,27)/p+2/t12-/m1/s1. The molecular formula is C17H26F3N5O2+2. The van der Waals surface area contributed by atoms with Crippen molar-refractivity contribution in [3.63, 3.8) is 0 Å². The Balaban J connectivity index is 1.78. The summed E-state index contributed by atoms with van der Waals surface area (Å²) in [5.41, 5.74) is -0.720. The highest BCUT2D eigenvalue weighted by Gasteiger charge is 2.33. The zero-order chi connectivity index (χ0) is 20.0. The number of quaternary nitrogens is 1. The monoisotopic (exact) mass is 389 g/mol. The molecule has 1 saturated heterocycles. The molecule has 0 radical (unpaired) electrons. The first-order valence-corrected chi connectivity index (χ1v) is 8.96. The van der Waals surface area contributed by atoms with Crippen molar-refractivity contribution in [2.45, 2.75) is 32.5 Å². The van der Waals surface area contributed by atoms with Gasteiger partial charge in [0.25, 0.3) is 11.7 Å². The van der Waals surface area contributed by atoms with Crippen molar-refractivity contribution in [1.82, 2.24) is 10.6 Å². The lowest BCUT2D eigenvalue weighted by atomic mass is 10.2. The zero-order valence-corrected chi connectivity index (χ0v) is 15.4. The number of halogens is 3. The first-order valence-electron chi connectivity index (χ1n) is 8.96. The van der Waals surface area contributed by atoms with E-state index in [4.69, 9.17) is 0 Å². The van der Waals surface area contributed by atoms with Gasteiger partial charge in [-0.05, 0) is 19.4 Å². The van der Waals surface area contributed by atoms with Gasteiger partial charge in [0.15, 0.2) is 6.54 Å². The minimum Gasteiger partial charge on any atom is -0.335 e. The number of carbonyl (C=O) groups is 2. The Labute approximate surface area is 155 Å². The molecule has 1 aliphatic rings. The molecule has 10 heteroatoms. The van der Waals surface area contributed by atoms with Gasteiger partial charge in [0.05, 0.1) is 5.56 Å². The molecule has 2 heterocycles. The number of nitrogens with zero attached hydrogens (tertiary/aromatic N) is 1. The Morgan fingerprint density at radius 3 is 2.48 bits per heavy atom. The molecule has 0 saturated carbocycles. The van der Waals surface area contributed by atoms with Gasteiger partial charge >= 0.3 is 12.2 Å². The summed E-state index contributed by atoms with van der Waals surface area (Å²) in [5.74, 6) is 0.264. The van der Waals surface area contributed by atoms with Gasteiger partial charge in [0.1, 0.15) is 32.4 Å². The van der Waals surface area contributed by atoms with Crippen LogP contribution >= 0.6 is 0 Å². The number of aromatic amines is 1. The number of carbonyl (C=O) groups excluding carboxylic acids is 2. The Morgan fingerprint density at radius 1 is 1.30 bits per heavy atom. The van der Waals surface area contributed by atoms with Gasteiger partial charge in [-0.3, -0.25) is 15.0 Å². The van der Waals surface area contributed by atoms with Crippen molar-refractivity contribution < 1.29 is 32.6 Å². The lowest BCUT2D eigenvalue weighted by molar-refractivity contribution is -0.892. The molecule has 150 valence electrons. The van der Waals surface area contributed by atoms with Crippen LogP contribution in [0, 0.1) is 0 Å². The Kier molecular flexibility index (Phi) is 7.00. The second-order valence-corrected chi connectivity index (χ2v) is 6.71. The molecule has 1 aromatic heterocycles. The maximum absolute atomic E-state index is 12.6. The predicted octanol–water partition coefficient (Wildman–Crippen LogP) is -0.151. The highest BCUT2D eigenvalue weighted by molar-refractivity contribution is 5.94. The number of pyridine rings is 1. The van der Waals surface area contributed by atoms with Crippen LogP contribution in [-0.2, 0) is 11.0 Å². The summed E-state index contributed by atoms with van der Waals surface area (Å²) < 4.78 is 37.8. The molecule has 0 aliphatic carbocycles. The lowest BCUT2D eigenvalue weighted by Crippen LogP contribution is -3.16. The smallest absolute Gasteiger partial charge is 0.335 e. The average Bonchev–Trinajstić information content (AvgIpc) is 2.61. The Bertz CT molecular complexity index is 643. The Morgan fingerprint density at radius 2 is 1.96 bits per heavy atom. The molecular weight excluding hydrogens is 363 g/mol. The van der Waals surface area contributed by atoms with E-state index in [0.717, 1.165) is 23.6 Å². The molecule has 1 aromatic rings. The van der Waals surface area contributed by atoms with Crippen LogP contribution < -0.4 is 25.4 Å². The summed E-state index contributed by atoms with van der Waals surface area (Å²) in [4.78, 5) is 29.3. The third kappa shape index (κ3) is 6.38. The summed E-state index contributed by atoms with van der Waals surface area (Å²) in [7, 11) is 0. The first kappa shape index (κ1) is 20.9. The van der Waals surface area contributed by atoms with Crippen molar-refractivity contribution in [2.24, 2.45) is 0 Å². The number of amides is 3. The number of nitrogens with one attached hydrogen (secondary N) is 4. The molecule has 27 heavy (non-hydrogen) atoms. The minimum absolute atomic E-state index is 0.00586. The van der Waals surface area contributed by atoms with Crippen molar-refractivity contribution in [3.8, 4) is 0 Å². The van der Waals surface area contributed by atoms with E-state index in [0.29, 0.717) is 32.0 Å². The van der Waals surface area contributed by atoms with Gasteiger partial charge in [-0.1, -0.05) is 6.92 Å². The highest BCUT2D eigenvalue weighted by Crippen LogP contribution is 2.28. The molecule has 2 rings (SSSR count). The fraction of sp³-hybridized carbons (Fsp3) is 0.588. The van der Waals surface area contributed by atoms with Crippen LogP contribution in [0.4, 0.5) is 23.8 Å². The molecule has 3 amide bonds. The van der Waals surface area contributed by atoms with E-state index < -0.39 is 17.8 Å². The average molecular weight is 389 g/mol. The van der Waals surface area contributed by atoms with Gasteiger partial charge in [0, 0.05) is 12.1 Å². The molecule has 1 aliphatic heterocycles. The minimum atomic E-state index is -4.37.